The average Bonchev–Trinajstić information content (AvgIpc) is 2.59. The van der Waals surface area contributed by atoms with Crippen molar-refractivity contribution in [2.45, 2.75) is 5.92 Å². The first-order valence-corrected chi connectivity index (χ1v) is 6.37. The maximum atomic E-state index is 11.2. The molecule has 0 aromatic heterocycles. The summed E-state index contributed by atoms with van der Waals surface area (Å²) in [4.78, 5) is 0. The molecule has 0 aliphatic carbocycles. The van der Waals surface area contributed by atoms with Crippen LogP contribution in [0.15, 0.2) is 35.7 Å². The van der Waals surface area contributed by atoms with Gasteiger partial charge in [0.2, 0.25) is 0 Å². The van der Waals surface area contributed by atoms with Crippen LogP contribution in [-0.2, 0) is 9.84 Å². The van der Waals surface area contributed by atoms with Crippen LogP contribution < -0.4 is 4.74 Å². The van der Waals surface area contributed by atoms with Crippen LogP contribution in [0.1, 0.15) is 11.5 Å². The highest BCUT2D eigenvalue weighted by molar-refractivity contribution is 7.94. The summed E-state index contributed by atoms with van der Waals surface area (Å²) < 4.78 is 27.5. The van der Waals surface area contributed by atoms with E-state index < -0.39 is 9.84 Å². The van der Waals surface area contributed by atoms with Crippen molar-refractivity contribution in [1.29, 1.82) is 0 Å². The molecule has 0 bridgehead atoms. The minimum absolute atomic E-state index is 0.0130. The normalized spacial score (nSPS) is 22.9. The van der Waals surface area contributed by atoms with Gasteiger partial charge in [0.25, 0.3) is 0 Å². The molecule has 0 N–H and O–H groups in total. The van der Waals surface area contributed by atoms with Crippen molar-refractivity contribution in [2.75, 3.05) is 12.9 Å². The number of benzene rings is 1. The van der Waals surface area contributed by atoms with E-state index >= 15 is 0 Å². The van der Waals surface area contributed by atoms with Crippen LogP contribution in [0.25, 0.3) is 0 Å². The van der Waals surface area contributed by atoms with Crippen molar-refractivity contribution < 1.29 is 13.2 Å². The quantitative estimate of drug-likeness (QED) is 0.768. The molecule has 0 saturated heterocycles. The van der Waals surface area contributed by atoms with Crippen molar-refractivity contribution in [3.8, 4) is 5.75 Å². The number of ether oxygens (including phenoxy) is 1. The van der Waals surface area contributed by atoms with E-state index in [2.05, 4.69) is 0 Å². The zero-order chi connectivity index (χ0) is 10.9. The minimum Gasteiger partial charge on any atom is -0.497 e. The van der Waals surface area contributed by atoms with Gasteiger partial charge in [-0.25, -0.2) is 8.42 Å². The lowest BCUT2D eigenvalue weighted by Crippen LogP contribution is -2.03. The fraction of sp³-hybridized carbons (Fsp3) is 0.273. The first kappa shape index (κ1) is 10.2. The zero-order valence-corrected chi connectivity index (χ0v) is 9.20. The monoisotopic (exact) mass is 224 g/mol. The molecule has 0 fully saturated rings. The second kappa shape index (κ2) is 3.70. The molecular weight excluding hydrogens is 212 g/mol. The van der Waals surface area contributed by atoms with Gasteiger partial charge in [0.1, 0.15) is 5.75 Å². The predicted octanol–water partition coefficient (Wildman–Crippen LogP) is 1.72. The van der Waals surface area contributed by atoms with E-state index in [4.69, 9.17) is 4.74 Å². The fourth-order valence-corrected chi connectivity index (χ4v) is 2.98. The molecule has 1 heterocycles. The van der Waals surface area contributed by atoms with Gasteiger partial charge < -0.3 is 4.74 Å². The van der Waals surface area contributed by atoms with Gasteiger partial charge in [0.05, 0.1) is 12.9 Å². The smallest absolute Gasteiger partial charge is 0.172 e. The van der Waals surface area contributed by atoms with Crippen molar-refractivity contribution >= 4 is 9.84 Å². The highest BCUT2D eigenvalue weighted by Crippen LogP contribution is 2.27. The Hall–Kier alpha value is -1.29. The largest absolute Gasteiger partial charge is 0.497 e. The standard InChI is InChI=1S/C11H12O3S/c1-14-11-4-2-9(3-5-11)10-6-7-15(12,13)8-10/h2-7,10H,8H2,1H3. The molecule has 2 rings (SSSR count). The Kier molecular flexibility index (Phi) is 2.52. The van der Waals surface area contributed by atoms with Gasteiger partial charge in [0, 0.05) is 11.3 Å². The Morgan fingerprint density at radius 3 is 2.40 bits per heavy atom. The number of allylic oxidation sites excluding steroid dienone is 1. The van der Waals surface area contributed by atoms with Crippen LogP contribution in [-0.4, -0.2) is 21.3 Å². The van der Waals surface area contributed by atoms with E-state index in [0.717, 1.165) is 11.3 Å². The van der Waals surface area contributed by atoms with Gasteiger partial charge in [-0.15, -0.1) is 0 Å². The molecule has 0 saturated carbocycles. The lowest BCUT2D eigenvalue weighted by atomic mass is 10.0. The van der Waals surface area contributed by atoms with Crippen LogP contribution >= 0.6 is 0 Å². The summed E-state index contributed by atoms with van der Waals surface area (Å²) in [5.74, 6) is 0.948. The highest BCUT2D eigenvalue weighted by Gasteiger charge is 2.22. The minimum atomic E-state index is -2.97. The Balaban J connectivity index is 2.22. The lowest BCUT2D eigenvalue weighted by molar-refractivity contribution is 0.414. The van der Waals surface area contributed by atoms with E-state index in [-0.39, 0.29) is 11.7 Å². The summed E-state index contributed by atoms with van der Waals surface area (Å²) in [6.07, 6.45) is 1.73. The number of methoxy groups -OCH3 is 1. The number of sulfone groups is 1. The molecular formula is C11H12O3S. The summed E-state index contributed by atoms with van der Waals surface area (Å²) >= 11 is 0. The van der Waals surface area contributed by atoms with Crippen LogP contribution in [0.5, 0.6) is 5.75 Å². The molecule has 1 aliphatic heterocycles. The molecule has 1 atom stereocenters. The Morgan fingerprint density at radius 2 is 1.93 bits per heavy atom. The SMILES string of the molecule is COc1ccc(C2C=CS(=O)(=O)C2)cc1. The van der Waals surface area contributed by atoms with Gasteiger partial charge in [-0.1, -0.05) is 18.2 Å². The van der Waals surface area contributed by atoms with E-state index in [0.29, 0.717) is 0 Å². The third kappa shape index (κ3) is 2.21. The summed E-state index contributed by atoms with van der Waals surface area (Å²) in [5.41, 5.74) is 1.01. The molecule has 0 spiro atoms. The molecule has 3 nitrogen and oxygen atoms in total. The fourth-order valence-electron chi connectivity index (χ4n) is 1.63. The zero-order valence-electron chi connectivity index (χ0n) is 8.38. The summed E-state index contributed by atoms with van der Waals surface area (Å²) in [6.45, 7) is 0. The van der Waals surface area contributed by atoms with Crippen molar-refractivity contribution in [2.24, 2.45) is 0 Å². The Morgan fingerprint density at radius 1 is 1.27 bits per heavy atom. The van der Waals surface area contributed by atoms with E-state index in [9.17, 15) is 8.42 Å². The van der Waals surface area contributed by atoms with Gasteiger partial charge in [-0.05, 0) is 17.7 Å². The lowest BCUT2D eigenvalue weighted by Gasteiger charge is -2.07. The first-order chi connectivity index (χ1) is 7.11. The van der Waals surface area contributed by atoms with Crippen LogP contribution in [0.3, 0.4) is 0 Å². The third-order valence-electron chi connectivity index (χ3n) is 2.47. The van der Waals surface area contributed by atoms with Gasteiger partial charge in [-0.2, -0.15) is 0 Å². The first-order valence-electron chi connectivity index (χ1n) is 4.66. The average molecular weight is 224 g/mol. The van der Waals surface area contributed by atoms with Gasteiger partial charge >= 0.3 is 0 Å². The molecule has 15 heavy (non-hydrogen) atoms. The Bertz CT molecular complexity index is 471. The van der Waals surface area contributed by atoms with Gasteiger partial charge in [-0.3, -0.25) is 0 Å². The van der Waals surface area contributed by atoms with E-state index in [1.54, 1.807) is 13.2 Å². The van der Waals surface area contributed by atoms with Crippen LogP contribution in [0, 0.1) is 0 Å². The molecule has 0 amide bonds. The molecule has 1 aromatic rings. The second-order valence-corrected chi connectivity index (χ2v) is 5.47. The summed E-state index contributed by atoms with van der Waals surface area (Å²) in [5, 5.41) is 1.29. The number of hydrogen-bond donors (Lipinski definition) is 0. The molecule has 80 valence electrons. The van der Waals surface area contributed by atoms with Crippen molar-refractivity contribution in [1.82, 2.24) is 0 Å². The second-order valence-electron chi connectivity index (χ2n) is 3.54. The maximum Gasteiger partial charge on any atom is 0.172 e. The molecule has 1 unspecified atom stereocenters. The summed E-state index contributed by atoms with van der Waals surface area (Å²) in [7, 11) is -1.37. The topological polar surface area (TPSA) is 43.4 Å². The highest BCUT2D eigenvalue weighted by atomic mass is 32.2. The van der Waals surface area contributed by atoms with Crippen LogP contribution in [0.2, 0.25) is 0 Å². The van der Waals surface area contributed by atoms with Crippen molar-refractivity contribution in [3.05, 3.63) is 41.3 Å². The van der Waals surface area contributed by atoms with E-state index in [1.807, 2.05) is 24.3 Å². The van der Waals surface area contributed by atoms with E-state index in [1.165, 1.54) is 5.41 Å². The van der Waals surface area contributed by atoms with Crippen LogP contribution in [0.4, 0.5) is 0 Å². The molecule has 1 aromatic carbocycles. The van der Waals surface area contributed by atoms with Crippen molar-refractivity contribution in [3.63, 3.8) is 0 Å². The van der Waals surface area contributed by atoms with Gasteiger partial charge in [0.15, 0.2) is 9.84 Å². The predicted molar refractivity (Wildman–Crippen MR) is 58.7 cm³/mol. The number of hydrogen-bond acceptors (Lipinski definition) is 3. The molecule has 0 radical (unpaired) electrons. The third-order valence-corrected chi connectivity index (χ3v) is 3.87. The summed E-state index contributed by atoms with van der Waals surface area (Å²) in [6, 6.07) is 7.48. The Labute approximate surface area is 89.3 Å². The molecule has 4 heteroatoms. The molecule has 1 aliphatic rings. The maximum absolute atomic E-state index is 11.2. The number of rotatable bonds is 2.